The summed E-state index contributed by atoms with van der Waals surface area (Å²) in [5.74, 6) is -3.03. The van der Waals surface area contributed by atoms with Gasteiger partial charge in [0.25, 0.3) is 0 Å². The smallest absolute Gasteiger partial charge is 0.334 e. The summed E-state index contributed by atoms with van der Waals surface area (Å²) in [4.78, 5) is 52.9. The first-order chi connectivity index (χ1) is 19.8. The minimum atomic E-state index is -1.51. The molecule has 0 bridgehead atoms. The van der Waals surface area contributed by atoms with E-state index in [1.165, 1.54) is 19.9 Å². The van der Waals surface area contributed by atoms with Gasteiger partial charge in [-0.15, -0.1) is 0 Å². The molecule has 42 heavy (non-hydrogen) atoms. The predicted molar refractivity (Wildman–Crippen MR) is 160 cm³/mol. The number of aliphatic carboxylic acids is 1. The Morgan fingerprint density at radius 3 is 2.10 bits per heavy atom. The van der Waals surface area contributed by atoms with E-state index in [1.54, 1.807) is 27.7 Å². The average Bonchev–Trinajstić information content (AvgIpc) is 3.00. The number of rotatable bonds is 14. The molecule has 0 aliphatic heterocycles. The maximum absolute atomic E-state index is 14.0. The van der Waals surface area contributed by atoms with Crippen molar-refractivity contribution in [3.8, 4) is 0 Å². The maximum atomic E-state index is 14.0. The van der Waals surface area contributed by atoms with Gasteiger partial charge in [0.2, 0.25) is 0 Å². The molecule has 0 amide bonds. The van der Waals surface area contributed by atoms with E-state index in [0.29, 0.717) is 5.57 Å². The Bertz CT molecular complexity index is 1210. The number of hydrogen-bond acceptors (Lipinski definition) is 7. The van der Waals surface area contributed by atoms with E-state index in [4.69, 9.17) is 14.2 Å². The normalized spacial score (nSPS) is 17.9. The molecule has 230 valence electrons. The molecule has 1 saturated carbocycles. The number of carboxylic acids is 1. The van der Waals surface area contributed by atoms with E-state index in [-0.39, 0.29) is 48.9 Å². The Balaban J connectivity index is 2.64. The number of ether oxygens (including phenoxy) is 3. The molecule has 1 aromatic carbocycles. The van der Waals surface area contributed by atoms with Gasteiger partial charge >= 0.3 is 23.9 Å². The van der Waals surface area contributed by atoms with Gasteiger partial charge in [-0.25, -0.2) is 9.59 Å². The molecule has 1 aliphatic rings. The topological polar surface area (TPSA) is 116 Å². The quantitative estimate of drug-likeness (QED) is 0.109. The van der Waals surface area contributed by atoms with Crippen molar-refractivity contribution >= 4 is 23.9 Å². The van der Waals surface area contributed by atoms with Gasteiger partial charge in [0.05, 0.1) is 10.8 Å². The van der Waals surface area contributed by atoms with Gasteiger partial charge in [-0.1, -0.05) is 56.3 Å². The summed E-state index contributed by atoms with van der Waals surface area (Å²) < 4.78 is 16.8. The summed E-state index contributed by atoms with van der Waals surface area (Å²) in [6, 6.07) is 9.16. The second-order valence-electron chi connectivity index (χ2n) is 11.5. The largest absolute Gasteiger partial charge is 0.481 e. The van der Waals surface area contributed by atoms with Crippen LogP contribution < -0.4 is 0 Å². The van der Waals surface area contributed by atoms with Gasteiger partial charge in [0.15, 0.2) is 0 Å². The van der Waals surface area contributed by atoms with Crippen LogP contribution in [-0.2, 0) is 40.0 Å². The SMILES string of the molecule is C=CCOC(=O)/C(C)=C(/CC(C)(C(=O)OCc1ccccc1)/C(C)=C(/C)C(=O)OC1CCCCC1)C(C)(CC)C(=O)O. The lowest BCUT2D eigenvalue weighted by molar-refractivity contribution is -0.155. The van der Waals surface area contributed by atoms with E-state index in [2.05, 4.69) is 6.58 Å². The third kappa shape index (κ3) is 8.43. The molecule has 1 N–H and O–H groups in total. The number of benzene rings is 1. The third-order valence-corrected chi connectivity index (χ3v) is 8.65. The van der Waals surface area contributed by atoms with Crippen LogP contribution in [0.1, 0.15) is 92.1 Å². The molecule has 2 rings (SSSR count). The van der Waals surface area contributed by atoms with Gasteiger partial charge in [-0.2, -0.15) is 0 Å². The van der Waals surface area contributed by atoms with Crippen LogP contribution in [0.2, 0.25) is 0 Å². The molecule has 0 radical (unpaired) electrons. The molecule has 0 spiro atoms. The summed E-state index contributed by atoms with van der Waals surface area (Å²) in [6.07, 6.45) is 5.86. The fourth-order valence-electron chi connectivity index (χ4n) is 5.18. The number of carboxylic acid groups (broad SMARTS) is 1. The summed E-state index contributed by atoms with van der Waals surface area (Å²) >= 11 is 0. The number of carbonyl (C=O) groups is 4. The van der Waals surface area contributed by atoms with E-state index >= 15 is 0 Å². The van der Waals surface area contributed by atoms with E-state index in [0.717, 1.165) is 37.7 Å². The highest BCUT2D eigenvalue weighted by atomic mass is 16.5. The van der Waals surface area contributed by atoms with Crippen molar-refractivity contribution in [3.05, 3.63) is 70.8 Å². The molecule has 1 fully saturated rings. The standard InChI is InChI=1S/C34H46O8/c1-8-20-40-29(35)24(4)28(33(6,9-2)31(37)38)21-34(7,32(39)41-22-26-16-12-10-13-17-26)25(5)23(3)30(36)42-27-18-14-11-15-19-27/h8,10,12-13,16-17,27H,1,9,11,14-15,18-22H2,2-7H3,(H,37,38)/b25-23-,28-24-. The Morgan fingerprint density at radius 1 is 0.929 bits per heavy atom. The van der Waals surface area contributed by atoms with Crippen LogP contribution in [0.4, 0.5) is 0 Å². The van der Waals surface area contributed by atoms with E-state index < -0.39 is 34.7 Å². The van der Waals surface area contributed by atoms with Crippen LogP contribution in [0.25, 0.3) is 0 Å². The van der Waals surface area contributed by atoms with Crippen LogP contribution in [-0.4, -0.2) is 41.7 Å². The summed E-state index contributed by atoms with van der Waals surface area (Å²) in [5, 5.41) is 10.3. The maximum Gasteiger partial charge on any atom is 0.334 e. The highest BCUT2D eigenvalue weighted by molar-refractivity contribution is 5.94. The van der Waals surface area contributed by atoms with Crippen molar-refractivity contribution in [2.24, 2.45) is 10.8 Å². The second-order valence-corrected chi connectivity index (χ2v) is 11.5. The van der Waals surface area contributed by atoms with Crippen LogP contribution in [0.5, 0.6) is 0 Å². The van der Waals surface area contributed by atoms with Crippen molar-refractivity contribution in [1.82, 2.24) is 0 Å². The summed E-state index contributed by atoms with van der Waals surface area (Å²) in [7, 11) is 0. The zero-order valence-corrected chi connectivity index (χ0v) is 25.9. The number of carbonyl (C=O) groups excluding carboxylic acids is 3. The Kier molecular flexibility index (Phi) is 12.8. The first-order valence-corrected chi connectivity index (χ1v) is 14.6. The summed E-state index contributed by atoms with van der Waals surface area (Å²) in [6.45, 7) is 13.1. The van der Waals surface area contributed by atoms with E-state index in [9.17, 15) is 24.3 Å². The highest BCUT2D eigenvalue weighted by Gasteiger charge is 2.46. The van der Waals surface area contributed by atoms with Crippen molar-refractivity contribution in [1.29, 1.82) is 0 Å². The monoisotopic (exact) mass is 582 g/mol. The molecule has 8 heteroatoms. The molecular weight excluding hydrogens is 536 g/mol. The molecule has 8 nitrogen and oxygen atoms in total. The van der Waals surface area contributed by atoms with Crippen LogP contribution in [0.3, 0.4) is 0 Å². The lowest BCUT2D eigenvalue weighted by atomic mass is 9.67. The van der Waals surface area contributed by atoms with Crippen LogP contribution >= 0.6 is 0 Å². The van der Waals surface area contributed by atoms with Crippen molar-refractivity contribution in [2.45, 2.75) is 99.2 Å². The predicted octanol–water partition coefficient (Wildman–Crippen LogP) is 6.89. The molecule has 2 unspecified atom stereocenters. The lowest BCUT2D eigenvalue weighted by Crippen LogP contribution is -2.39. The van der Waals surface area contributed by atoms with Crippen molar-refractivity contribution in [3.63, 3.8) is 0 Å². The fraction of sp³-hybridized carbons (Fsp3) is 0.529. The molecule has 0 aromatic heterocycles. The van der Waals surface area contributed by atoms with Gasteiger partial charge in [0, 0.05) is 11.1 Å². The van der Waals surface area contributed by atoms with Gasteiger partial charge in [-0.3, -0.25) is 9.59 Å². The Hall–Kier alpha value is -3.68. The summed E-state index contributed by atoms with van der Waals surface area (Å²) in [5.41, 5.74) is -1.30. The second kappa shape index (κ2) is 15.5. The number of esters is 3. The van der Waals surface area contributed by atoms with E-state index in [1.807, 2.05) is 30.3 Å². The van der Waals surface area contributed by atoms with Gasteiger partial charge in [0.1, 0.15) is 19.3 Å². The third-order valence-electron chi connectivity index (χ3n) is 8.65. The minimum absolute atomic E-state index is 0.0164. The van der Waals surface area contributed by atoms with Crippen molar-refractivity contribution in [2.75, 3.05) is 6.61 Å². The zero-order valence-electron chi connectivity index (χ0n) is 25.9. The zero-order chi connectivity index (χ0) is 31.5. The first-order valence-electron chi connectivity index (χ1n) is 14.6. The lowest BCUT2D eigenvalue weighted by Gasteiger charge is -2.36. The molecule has 1 aromatic rings. The molecule has 1 aliphatic carbocycles. The van der Waals surface area contributed by atoms with Crippen LogP contribution in [0.15, 0.2) is 65.3 Å². The van der Waals surface area contributed by atoms with Gasteiger partial charge in [-0.05, 0) is 89.9 Å². The molecule has 2 atom stereocenters. The Labute approximate surface area is 249 Å². The number of hydrogen-bond donors (Lipinski definition) is 1. The molecule has 0 saturated heterocycles. The van der Waals surface area contributed by atoms with Crippen LogP contribution in [0, 0.1) is 10.8 Å². The Morgan fingerprint density at radius 2 is 1.55 bits per heavy atom. The highest BCUT2D eigenvalue weighted by Crippen LogP contribution is 2.46. The van der Waals surface area contributed by atoms with Crippen molar-refractivity contribution < 1.29 is 38.5 Å². The fourth-order valence-corrected chi connectivity index (χ4v) is 5.18. The van der Waals surface area contributed by atoms with Gasteiger partial charge < -0.3 is 19.3 Å². The molecule has 0 heterocycles. The average molecular weight is 583 g/mol. The minimum Gasteiger partial charge on any atom is -0.481 e. The first kappa shape index (κ1) is 34.5. The molecular formula is C34H46O8.